The number of carbonyl (C=O) groups excluding carboxylic acids is 2. The van der Waals surface area contributed by atoms with E-state index in [2.05, 4.69) is 10.2 Å². The van der Waals surface area contributed by atoms with Crippen molar-refractivity contribution in [3.63, 3.8) is 0 Å². The number of likely N-dealkylation sites (N-methyl/N-ethyl adjacent to an activating group) is 1. The number of nitrogens with one attached hydrogen (secondary N) is 1. The van der Waals surface area contributed by atoms with Crippen LogP contribution >= 0.6 is 0 Å². The molecule has 3 rings (SSSR count). The zero-order valence-electron chi connectivity index (χ0n) is 15.7. The lowest BCUT2D eigenvalue weighted by Gasteiger charge is -2.28. The van der Waals surface area contributed by atoms with Gasteiger partial charge in [0, 0.05) is 37.1 Å². The average Bonchev–Trinajstić information content (AvgIpc) is 2.74. The van der Waals surface area contributed by atoms with Gasteiger partial charge >= 0.3 is 0 Å². The van der Waals surface area contributed by atoms with Gasteiger partial charge in [-0.15, -0.1) is 0 Å². The lowest BCUT2D eigenvalue weighted by Crippen LogP contribution is -2.36. The van der Waals surface area contributed by atoms with E-state index in [1.807, 2.05) is 30.3 Å². The summed E-state index contributed by atoms with van der Waals surface area (Å²) in [5, 5.41) is 11.7. The quantitative estimate of drug-likeness (QED) is 0.861. The highest BCUT2D eigenvalue weighted by molar-refractivity contribution is 5.99. The number of nitriles is 1. The number of nitrogens with zero attached hydrogens (tertiary/aromatic N) is 3. The summed E-state index contributed by atoms with van der Waals surface area (Å²) in [6.45, 7) is 3.06. The maximum atomic E-state index is 12.4. The molecule has 1 aliphatic heterocycles. The molecule has 1 heterocycles. The number of amides is 2. The van der Waals surface area contributed by atoms with Gasteiger partial charge in [0.2, 0.25) is 5.91 Å². The standard InChI is InChI=1S/C21H22N4O3/c1-24(21(27)17-4-2-3-16(13-17)14-22)15-20(26)23-18-5-7-19(8-6-18)25-9-11-28-12-10-25/h2-8,13H,9-12,15H2,1H3,(H,23,26). The zero-order valence-corrected chi connectivity index (χ0v) is 15.7. The molecule has 1 saturated heterocycles. The number of anilines is 2. The molecule has 2 aromatic carbocycles. The van der Waals surface area contributed by atoms with E-state index in [0.717, 1.165) is 32.0 Å². The molecular weight excluding hydrogens is 356 g/mol. The number of benzene rings is 2. The van der Waals surface area contributed by atoms with Crippen LogP contribution in [0.15, 0.2) is 48.5 Å². The molecule has 0 saturated carbocycles. The van der Waals surface area contributed by atoms with E-state index < -0.39 is 0 Å². The molecule has 0 radical (unpaired) electrons. The molecule has 1 N–H and O–H groups in total. The van der Waals surface area contributed by atoms with Gasteiger partial charge in [0.15, 0.2) is 0 Å². The van der Waals surface area contributed by atoms with Crippen LogP contribution in [0.2, 0.25) is 0 Å². The highest BCUT2D eigenvalue weighted by atomic mass is 16.5. The van der Waals surface area contributed by atoms with Crippen molar-refractivity contribution in [3.8, 4) is 6.07 Å². The first-order valence-electron chi connectivity index (χ1n) is 9.05. The minimum absolute atomic E-state index is 0.0825. The second-order valence-corrected chi connectivity index (χ2v) is 6.55. The second kappa shape index (κ2) is 9.02. The van der Waals surface area contributed by atoms with E-state index in [0.29, 0.717) is 16.8 Å². The predicted molar refractivity (Wildman–Crippen MR) is 106 cm³/mol. The fourth-order valence-corrected chi connectivity index (χ4v) is 3.01. The number of ether oxygens (including phenoxy) is 1. The van der Waals surface area contributed by atoms with E-state index >= 15 is 0 Å². The highest BCUT2D eigenvalue weighted by Crippen LogP contribution is 2.19. The topological polar surface area (TPSA) is 85.7 Å². The fraction of sp³-hybridized carbons (Fsp3) is 0.286. The molecule has 0 unspecified atom stereocenters. The number of hydrogen-bond donors (Lipinski definition) is 1. The maximum Gasteiger partial charge on any atom is 0.254 e. The Morgan fingerprint density at radius 2 is 1.89 bits per heavy atom. The third kappa shape index (κ3) is 4.87. The largest absolute Gasteiger partial charge is 0.378 e. The van der Waals surface area contributed by atoms with Crippen LogP contribution in [0.25, 0.3) is 0 Å². The van der Waals surface area contributed by atoms with Crippen LogP contribution in [0, 0.1) is 11.3 Å². The number of rotatable bonds is 5. The second-order valence-electron chi connectivity index (χ2n) is 6.55. The van der Waals surface area contributed by atoms with Gasteiger partial charge in [0.25, 0.3) is 5.91 Å². The van der Waals surface area contributed by atoms with Crippen molar-refractivity contribution >= 4 is 23.2 Å². The van der Waals surface area contributed by atoms with Crippen molar-refractivity contribution in [2.24, 2.45) is 0 Å². The molecule has 7 nitrogen and oxygen atoms in total. The molecule has 7 heteroatoms. The summed E-state index contributed by atoms with van der Waals surface area (Å²) in [6.07, 6.45) is 0. The Bertz CT molecular complexity index is 883. The lowest BCUT2D eigenvalue weighted by molar-refractivity contribution is -0.116. The van der Waals surface area contributed by atoms with Crippen molar-refractivity contribution in [1.82, 2.24) is 4.90 Å². The van der Waals surface area contributed by atoms with Gasteiger partial charge < -0.3 is 19.9 Å². The molecule has 0 aromatic heterocycles. The van der Waals surface area contributed by atoms with E-state index in [9.17, 15) is 9.59 Å². The van der Waals surface area contributed by atoms with Gasteiger partial charge in [0.1, 0.15) is 0 Å². The van der Waals surface area contributed by atoms with Crippen LogP contribution < -0.4 is 10.2 Å². The third-order valence-corrected chi connectivity index (χ3v) is 4.49. The molecule has 2 aromatic rings. The average molecular weight is 378 g/mol. The molecule has 2 amide bonds. The Morgan fingerprint density at radius 1 is 1.18 bits per heavy atom. The molecule has 1 aliphatic rings. The van der Waals surface area contributed by atoms with Gasteiger partial charge in [-0.05, 0) is 42.5 Å². The Kier molecular flexibility index (Phi) is 6.25. The molecule has 0 spiro atoms. The summed E-state index contributed by atoms with van der Waals surface area (Å²) in [5.41, 5.74) is 2.55. The van der Waals surface area contributed by atoms with Crippen LogP contribution in [-0.2, 0) is 9.53 Å². The van der Waals surface area contributed by atoms with Crippen LogP contribution in [0.3, 0.4) is 0 Å². The monoisotopic (exact) mass is 378 g/mol. The Hall–Kier alpha value is -3.37. The summed E-state index contributed by atoms with van der Waals surface area (Å²) >= 11 is 0. The molecule has 0 bridgehead atoms. The van der Waals surface area contributed by atoms with Crippen molar-refractivity contribution in [3.05, 3.63) is 59.7 Å². The van der Waals surface area contributed by atoms with Crippen LogP contribution in [-0.4, -0.2) is 56.6 Å². The SMILES string of the molecule is CN(CC(=O)Nc1ccc(N2CCOCC2)cc1)C(=O)c1cccc(C#N)c1. The fourth-order valence-electron chi connectivity index (χ4n) is 3.01. The van der Waals surface area contributed by atoms with Crippen molar-refractivity contribution < 1.29 is 14.3 Å². The van der Waals surface area contributed by atoms with Crippen molar-refractivity contribution in [2.75, 3.05) is 50.1 Å². The predicted octanol–water partition coefficient (Wildman–Crippen LogP) is 2.11. The van der Waals surface area contributed by atoms with Gasteiger partial charge in [-0.25, -0.2) is 0 Å². The number of morpholine rings is 1. The van der Waals surface area contributed by atoms with Gasteiger partial charge in [0.05, 0.1) is 31.4 Å². The maximum absolute atomic E-state index is 12.4. The Balaban J connectivity index is 1.55. The molecule has 0 aliphatic carbocycles. The van der Waals surface area contributed by atoms with Gasteiger partial charge in [-0.2, -0.15) is 5.26 Å². The first-order valence-corrected chi connectivity index (χ1v) is 9.05. The van der Waals surface area contributed by atoms with Gasteiger partial charge in [-0.1, -0.05) is 6.07 Å². The number of hydrogen-bond acceptors (Lipinski definition) is 5. The van der Waals surface area contributed by atoms with Crippen LogP contribution in [0.5, 0.6) is 0 Å². The normalized spacial score (nSPS) is 13.5. The van der Waals surface area contributed by atoms with E-state index in [1.54, 1.807) is 25.2 Å². The van der Waals surface area contributed by atoms with E-state index in [4.69, 9.17) is 10.00 Å². The Morgan fingerprint density at radius 3 is 2.57 bits per heavy atom. The zero-order chi connectivity index (χ0) is 19.9. The van der Waals surface area contributed by atoms with Crippen LogP contribution in [0.4, 0.5) is 11.4 Å². The van der Waals surface area contributed by atoms with Crippen molar-refractivity contribution in [1.29, 1.82) is 5.26 Å². The molecule has 1 fully saturated rings. The lowest BCUT2D eigenvalue weighted by atomic mass is 10.1. The Labute approximate surface area is 164 Å². The molecule has 0 atom stereocenters. The molecule has 28 heavy (non-hydrogen) atoms. The van der Waals surface area contributed by atoms with E-state index in [-0.39, 0.29) is 18.4 Å². The molecular formula is C21H22N4O3. The first kappa shape index (κ1) is 19.4. The summed E-state index contributed by atoms with van der Waals surface area (Å²) in [5.74, 6) is -0.596. The summed E-state index contributed by atoms with van der Waals surface area (Å²) in [7, 11) is 1.56. The molecule has 144 valence electrons. The summed E-state index contributed by atoms with van der Waals surface area (Å²) in [4.78, 5) is 28.3. The summed E-state index contributed by atoms with van der Waals surface area (Å²) < 4.78 is 5.35. The third-order valence-electron chi connectivity index (χ3n) is 4.49. The first-order chi connectivity index (χ1) is 13.6. The highest BCUT2D eigenvalue weighted by Gasteiger charge is 2.16. The van der Waals surface area contributed by atoms with E-state index in [1.165, 1.54) is 11.0 Å². The smallest absolute Gasteiger partial charge is 0.254 e. The summed E-state index contributed by atoms with van der Waals surface area (Å²) in [6, 6.07) is 16.0. The van der Waals surface area contributed by atoms with Crippen LogP contribution in [0.1, 0.15) is 15.9 Å². The number of carbonyl (C=O) groups is 2. The minimum Gasteiger partial charge on any atom is -0.378 e. The van der Waals surface area contributed by atoms with Gasteiger partial charge in [-0.3, -0.25) is 9.59 Å². The van der Waals surface area contributed by atoms with Crippen molar-refractivity contribution in [2.45, 2.75) is 0 Å². The minimum atomic E-state index is -0.310.